The van der Waals surface area contributed by atoms with Gasteiger partial charge in [0, 0.05) is 5.56 Å². The molecule has 0 bridgehead atoms. The number of esters is 2. The van der Waals surface area contributed by atoms with E-state index >= 15 is 0 Å². The molecule has 2 unspecified atom stereocenters. The van der Waals surface area contributed by atoms with E-state index < -0.39 is 24.0 Å². The Morgan fingerprint density at radius 3 is 1.57 bits per heavy atom. The number of nitrogens with zero attached hydrogens (tertiary/aromatic N) is 2. The molecule has 0 radical (unpaired) electrons. The summed E-state index contributed by atoms with van der Waals surface area (Å²) in [5.41, 5.74) is 5.23. The van der Waals surface area contributed by atoms with Crippen molar-refractivity contribution in [3.8, 4) is 0 Å². The highest BCUT2D eigenvalue weighted by atomic mass is 16.5. The molecule has 0 saturated heterocycles. The van der Waals surface area contributed by atoms with Crippen LogP contribution in [0.4, 0.5) is 0 Å². The normalized spacial score (nSPS) is 17.8. The number of carbonyl (C=O) groups is 2. The molecule has 2 atom stereocenters. The first kappa shape index (κ1) is 28.7. The van der Waals surface area contributed by atoms with Crippen LogP contribution >= 0.6 is 0 Å². The van der Waals surface area contributed by atoms with Gasteiger partial charge in [-0.25, -0.2) is 14.6 Å². The first-order valence-electron chi connectivity index (χ1n) is 14.8. The van der Waals surface area contributed by atoms with Crippen molar-refractivity contribution in [1.29, 1.82) is 0 Å². The number of aliphatic imine (C=N–C) groups is 1. The van der Waals surface area contributed by atoms with Gasteiger partial charge in [0.2, 0.25) is 5.96 Å². The lowest BCUT2D eigenvalue weighted by Gasteiger charge is -2.47. The number of ether oxygens (including phenoxy) is 2. The largest absolute Gasteiger partial charge is 0.463 e. The van der Waals surface area contributed by atoms with Crippen LogP contribution in [-0.2, 0) is 19.1 Å². The molecule has 1 N–H and O–H groups in total. The highest BCUT2D eigenvalue weighted by Gasteiger charge is 2.48. The summed E-state index contributed by atoms with van der Waals surface area (Å²) in [7, 11) is 0. The van der Waals surface area contributed by atoms with Crippen molar-refractivity contribution in [3.63, 3.8) is 0 Å². The molecule has 220 valence electrons. The first-order valence-corrected chi connectivity index (χ1v) is 14.8. The lowest BCUT2D eigenvalue weighted by atomic mass is 9.85. The topological polar surface area (TPSA) is 80.2 Å². The van der Waals surface area contributed by atoms with Crippen LogP contribution in [0.3, 0.4) is 0 Å². The SMILES string of the molecule is CCOC(=O)C1=C(c2ccccc2)N=C2NC(c3ccccc3)=C(C(=O)OCC)C(c3ccccc3)N2C1c1ccccc1. The van der Waals surface area contributed by atoms with E-state index in [0.717, 1.165) is 22.3 Å². The molecule has 4 aromatic carbocycles. The summed E-state index contributed by atoms with van der Waals surface area (Å²) in [4.78, 5) is 35.1. The second kappa shape index (κ2) is 12.8. The fourth-order valence-corrected chi connectivity index (χ4v) is 5.85. The smallest absolute Gasteiger partial charge is 0.338 e. The molecule has 0 spiro atoms. The van der Waals surface area contributed by atoms with Crippen LogP contribution < -0.4 is 5.32 Å². The first-order chi connectivity index (χ1) is 21.6. The summed E-state index contributed by atoms with van der Waals surface area (Å²) in [5, 5.41) is 3.52. The van der Waals surface area contributed by atoms with E-state index in [2.05, 4.69) is 5.32 Å². The zero-order valence-corrected chi connectivity index (χ0v) is 24.6. The Morgan fingerprint density at radius 2 is 1.07 bits per heavy atom. The predicted octanol–water partition coefficient (Wildman–Crippen LogP) is 6.69. The van der Waals surface area contributed by atoms with Crippen molar-refractivity contribution in [2.24, 2.45) is 4.99 Å². The Labute approximate surface area is 257 Å². The van der Waals surface area contributed by atoms with Crippen LogP contribution in [0.25, 0.3) is 11.4 Å². The third-order valence-electron chi connectivity index (χ3n) is 7.66. The Kier molecular flexibility index (Phi) is 8.36. The fourth-order valence-electron chi connectivity index (χ4n) is 5.85. The molecule has 2 heterocycles. The van der Waals surface area contributed by atoms with Crippen molar-refractivity contribution < 1.29 is 19.1 Å². The van der Waals surface area contributed by atoms with Gasteiger partial charge in [0.15, 0.2) is 0 Å². The Hall–Kier alpha value is -5.43. The number of benzene rings is 4. The predicted molar refractivity (Wildman–Crippen MR) is 171 cm³/mol. The van der Waals surface area contributed by atoms with Crippen molar-refractivity contribution in [2.45, 2.75) is 25.9 Å². The van der Waals surface area contributed by atoms with Gasteiger partial charge in [-0.05, 0) is 30.5 Å². The number of hydrogen-bond donors (Lipinski definition) is 1. The third-order valence-corrected chi connectivity index (χ3v) is 7.66. The van der Waals surface area contributed by atoms with E-state index in [9.17, 15) is 9.59 Å². The zero-order chi connectivity index (χ0) is 30.5. The van der Waals surface area contributed by atoms with Gasteiger partial charge < -0.3 is 19.7 Å². The van der Waals surface area contributed by atoms with Gasteiger partial charge in [0.1, 0.15) is 0 Å². The van der Waals surface area contributed by atoms with Gasteiger partial charge in [-0.1, -0.05) is 121 Å². The molecule has 0 saturated carbocycles. The van der Waals surface area contributed by atoms with Crippen LogP contribution in [0.15, 0.2) is 137 Å². The standard InChI is InChI=1S/C37H33N3O4/c1-3-43-35(41)29-31(25-17-9-5-10-18-25)38-37-39-32(26-19-11-6-12-20-26)30(36(42)44-4-2)34(28-23-15-8-16-24-28)40(37)33(29)27-21-13-7-14-22-27/h5-24,33-34H,3-4H2,1-2H3,(H,38,39). The number of hydrogen-bond acceptors (Lipinski definition) is 7. The molecule has 0 fully saturated rings. The quantitative estimate of drug-likeness (QED) is 0.233. The number of carbonyl (C=O) groups excluding carboxylic acids is 2. The second-order valence-electron chi connectivity index (χ2n) is 10.3. The molecule has 0 amide bonds. The average molecular weight is 584 g/mol. The van der Waals surface area contributed by atoms with Crippen LogP contribution in [0.1, 0.15) is 48.2 Å². The number of nitrogens with one attached hydrogen (secondary N) is 1. The van der Waals surface area contributed by atoms with Gasteiger partial charge in [0.25, 0.3) is 0 Å². The lowest BCUT2D eigenvalue weighted by Crippen LogP contribution is -2.53. The van der Waals surface area contributed by atoms with Gasteiger partial charge in [-0.2, -0.15) is 0 Å². The van der Waals surface area contributed by atoms with E-state index in [4.69, 9.17) is 14.5 Å². The van der Waals surface area contributed by atoms with Crippen LogP contribution in [0, 0.1) is 0 Å². The summed E-state index contributed by atoms with van der Waals surface area (Å²) in [6, 6.07) is 37.6. The summed E-state index contributed by atoms with van der Waals surface area (Å²) < 4.78 is 11.4. The summed E-state index contributed by atoms with van der Waals surface area (Å²) in [6.07, 6.45) is 0. The summed E-state index contributed by atoms with van der Waals surface area (Å²) in [6.45, 7) is 4.00. The minimum absolute atomic E-state index is 0.203. The highest BCUT2D eigenvalue weighted by molar-refractivity contribution is 6.10. The molecule has 2 aliphatic heterocycles. The van der Waals surface area contributed by atoms with Crippen molar-refractivity contribution >= 4 is 29.3 Å². The maximum atomic E-state index is 14.0. The van der Waals surface area contributed by atoms with Crippen molar-refractivity contribution in [1.82, 2.24) is 10.2 Å². The Balaban J connectivity index is 1.70. The molecule has 7 nitrogen and oxygen atoms in total. The average Bonchev–Trinajstić information content (AvgIpc) is 3.08. The molecule has 0 aromatic heterocycles. The maximum Gasteiger partial charge on any atom is 0.338 e. The van der Waals surface area contributed by atoms with Gasteiger partial charge in [-0.3, -0.25) is 0 Å². The van der Waals surface area contributed by atoms with Crippen LogP contribution in [0.5, 0.6) is 0 Å². The van der Waals surface area contributed by atoms with E-state index in [1.165, 1.54) is 0 Å². The second-order valence-corrected chi connectivity index (χ2v) is 10.3. The molecule has 44 heavy (non-hydrogen) atoms. The number of rotatable bonds is 8. The van der Waals surface area contributed by atoms with Gasteiger partial charge in [0.05, 0.1) is 47.8 Å². The molecule has 4 aromatic rings. The molecule has 7 heteroatoms. The number of fused-ring (bicyclic) bond motifs is 1. The Bertz CT molecular complexity index is 1730. The van der Waals surface area contributed by atoms with Crippen molar-refractivity contribution in [3.05, 3.63) is 155 Å². The summed E-state index contributed by atoms with van der Waals surface area (Å²) >= 11 is 0. The maximum absolute atomic E-state index is 14.0. The third kappa shape index (κ3) is 5.40. The van der Waals surface area contributed by atoms with Crippen LogP contribution in [-0.4, -0.2) is 36.0 Å². The van der Waals surface area contributed by atoms with E-state index in [1.54, 1.807) is 13.8 Å². The monoisotopic (exact) mass is 583 g/mol. The van der Waals surface area contributed by atoms with Crippen LogP contribution in [0.2, 0.25) is 0 Å². The van der Waals surface area contributed by atoms with Crippen molar-refractivity contribution in [2.75, 3.05) is 13.2 Å². The lowest BCUT2D eigenvalue weighted by molar-refractivity contribution is -0.139. The van der Waals surface area contributed by atoms with Gasteiger partial charge >= 0.3 is 11.9 Å². The molecular formula is C37H33N3O4. The molecule has 0 aliphatic carbocycles. The number of guanidine groups is 1. The molecule has 2 aliphatic rings. The molecule has 6 rings (SSSR count). The molecular weight excluding hydrogens is 550 g/mol. The minimum Gasteiger partial charge on any atom is -0.463 e. The Morgan fingerprint density at radius 1 is 0.636 bits per heavy atom. The highest BCUT2D eigenvalue weighted by Crippen LogP contribution is 2.48. The van der Waals surface area contributed by atoms with E-state index in [1.807, 2.05) is 126 Å². The fraction of sp³-hybridized carbons (Fsp3) is 0.162. The summed E-state index contributed by atoms with van der Waals surface area (Å²) in [5.74, 6) is -0.411. The zero-order valence-electron chi connectivity index (χ0n) is 24.6. The van der Waals surface area contributed by atoms with Gasteiger partial charge in [-0.15, -0.1) is 0 Å². The minimum atomic E-state index is -0.655. The van der Waals surface area contributed by atoms with E-state index in [0.29, 0.717) is 28.5 Å². The van der Waals surface area contributed by atoms with E-state index in [-0.39, 0.29) is 13.2 Å².